The largest absolute Gasteiger partial charge is 0.496 e. The van der Waals surface area contributed by atoms with Crippen molar-refractivity contribution in [3.8, 4) is 17.2 Å². The molecule has 6 nitrogen and oxygen atoms in total. The van der Waals surface area contributed by atoms with E-state index in [2.05, 4.69) is 0 Å². The van der Waals surface area contributed by atoms with Gasteiger partial charge in [-0.3, -0.25) is 4.79 Å². The summed E-state index contributed by atoms with van der Waals surface area (Å²) in [5, 5.41) is 1.03. The summed E-state index contributed by atoms with van der Waals surface area (Å²) in [6.45, 7) is 1.76. The number of aromatic nitrogens is 1. The Morgan fingerprint density at radius 3 is 2.58 bits per heavy atom. The van der Waals surface area contributed by atoms with Gasteiger partial charge in [0.1, 0.15) is 22.8 Å². The summed E-state index contributed by atoms with van der Waals surface area (Å²) < 4.78 is 18.8. The predicted octanol–water partition coefficient (Wildman–Crippen LogP) is 5.33. The van der Waals surface area contributed by atoms with Crippen LogP contribution in [0.1, 0.15) is 31.8 Å². The molecule has 4 aromatic rings. The summed E-state index contributed by atoms with van der Waals surface area (Å²) in [7, 11) is 3.46. The number of rotatable bonds is 4. The molecule has 164 valence electrons. The molecule has 0 saturated heterocycles. The second-order valence-electron chi connectivity index (χ2n) is 7.81. The smallest absolute Gasteiger partial charge is 0.347 e. The molecule has 2 heterocycles. The number of carbonyl (C=O) groups is 2. The standard InChI is InChI=1S/C27H21NO5/c1-16-22(33-27(30)19-9-5-7-11-23(19)31-3)13-12-20-25(29)24(32-26(16)20)14-17-15-28(2)21-10-6-4-8-18(17)21/h4-15H,1-3H3. The molecule has 0 amide bonds. The molecule has 0 atom stereocenters. The van der Waals surface area contributed by atoms with Crippen LogP contribution in [0.15, 0.2) is 72.6 Å². The van der Waals surface area contributed by atoms with Crippen LogP contribution in [0.25, 0.3) is 17.0 Å². The van der Waals surface area contributed by atoms with Gasteiger partial charge in [0.25, 0.3) is 0 Å². The summed E-state index contributed by atoms with van der Waals surface area (Å²) in [5.41, 5.74) is 3.29. The van der Waals surface area contributed by atoms with E-state index in [-0.39, 0.29) is 11.5 Å². The Morgan fingerprint density at radius 1 is 1.00 bits per heavy atom. The van der Waals surface area contributed by atoms with Crippen LogP contribution in [-0.2, 0) is 7.05 Å². The molecule has 0 unspecified atom stereocenters. The lowest BCUT2D eigenvalue weighted by molar-refractivity contribution is 0.0729. The Labute approximate surface area is 190 Å². The van der Waals surface area contributed by atoms with Gasteiger partial charge in [-0.1, -0.05) is 30.3 Å². The van der Waals surface area contributed by atoms with Gasteiger partial charge in [-0.15, -0.1) is 0 Å². The highest BCUT2D eigenvalue weighted by molar-refractivity contribution is 6.15. The first-order chi connectivity index (χ1) is 16.0. The topological polar surface area (TPSA) is 66.8 Å². The number of nitrogens with zero attached hydrogens (tertiary/aromatic N) is 1. The molecular formula is C27H21NO5. The minimum Gasteiger partial charge on any atom is -0.496 e. The molecule has 1 aromatic heterocycles. The highest BCUT2D eigenvalue weighted by Gasteiger charge is 2.31. The third-order valence-electron chi connectivity index (χ3n) is 5.78. The van der Waals surface area contributed by atoms with Crippen molar-refractivity contribution in [2.75, 3.05) is 7.11 Å². The van der Waals surface area contributed by atoms with E-state index in [0.717, 1.165) is 16.5 Å². The third-order valence-corrected chi connectivity index (χ3v) is 5.78. The average molecular weight is 439 g/mol. The van der Waals surface area contributed by atoms with Crippen molar-refractivity contribution >= 4 is 28.7 Å². The van der Waals surface area contributed by atoms with E-state index in [1.807, 2.05) is 42.1 Å². The second-order valence-corrected chi connectivity index (χ2v) is 7.81. The number of esters is 1. The zero-order valence-corrected chi connectivity index (χ0v) is 18.4. The van der Waals surface area contributed by atoms with Crippen LogP contribution in [-0.4, -0.2) is 23.4 Å². The fraction of sp³-hybridized carbons (Fsp3) is 0.111. The van der Waals surface area contributed by atoms with Gasteiger partial charge in [0.05, 0.1) is 12.7 Å². The van der Waals surface area contributed by atoms with Gasteiger partial charge in [-0.05, 0) is 43.3 Å². The lowest BCUT2D eigenvalue weighted by Gasteiger charge is -2.11. The molecular weight excluding hydrogens is 418 g/mol. The number of para-hydroxylation sites is 2. The number of ether oxygens (including phenoxy) is 3. The van der Waals surface area contributed by atoms with Crippen LogP contribution in [0.4, 0.5) is 0 Å². The van der Waals surface area contributed by atoms with Crippen LogP contribution in [0.3, 0.4) is 0 Å². The van der Waals surface area contributed by atoms with E-state index < -0.39 is 5.97 Å². The first-order valence-electron chi connectivity index (χ1n) is 10.4. The van der Waals surface area contributed by atoms with Gasteiger partial charge in [-0.2, -0.15) is 0 Å². The van der Waals surface area contributed by atoms with Gasteiger partial charge in [0, 0.05) is 35.3 Å². The molecule has 0 N–H and O–H groups in total. The molecule has 33 heavy (non-hydrogen) atoms. The predicted molar refractivity (Wildman–Crippen MR) is 125 cm³/mol. The van der Waals surface area contributed by atoms with Crippen molar-refractivity contribution in [2.24, 2.45) is 7.05 Å². The molecule has 0 aliphatic carbocycles. The van der Waals surface area contributed by atoms with Crippen LogP contribution in [0.5, 0.6) is 17.2 Å². The van der Waals surface area contributed by atoms with Crippen molar-refractivity contribution in [1.29, 1.82) is 0 Å². The fourth-order valence-electron chi connectivity index (χ4n) is 4.08. The van der Waals surface area contributed by atoms with Gasteiger partial charge in [0.15, 0.2) is 5.76 Å². The fourth-order valence-corrected chi connectivity index (χ4v) is 4.08. The number of allylic oxidation sites excluding steroid dienone is 1. The number of carbonyl (C=O) groups excluding carboxylic acids is 2. The van der Waals surface area contributed by atoms with Gasteiger partial charge in [0.2, 0.25) is 5.78 Å². The summed E-state index contributed by atoms with van der Waals surface area (Å²) in [6, 6.07) is 18.0. The van der Waals surface area contributed by atoms with Crippen molar-refractivity contribution in [1.82, 2.24) is 4.57 Å². The van der Waals surface area contributed by atoms with Gasteiger partial charge < -0.3 is 18.8 Å². The third kappa shape index (κ3) is 3.46. The van der Waals surface area contributed by atoms with Crippen LogP contribution in [0, 0.1) is 6.92 Å². The molecule has 1 aliphatic heterocycles. The number of Topliss-reactive ketones (excluding diaryl/α,β-unsaturated/α-hetero) is 1. The number of benzene rings is 3. The van der Waals surface area contributed by atoms with Crippen molar-refractivity contribution < 1.29 is 23.8 Å². The molecule has 6 heteroatoms. The monoisotopic (exact) mass is 439 g/mol. The molecule has 5 rings (SSSR count). The van der Waals surface area contributed by atoms with Gasteiger partial charge in [-0.25, -0.2) is 4.79 Å². The molecule has 3 aromatic carbocycles. The summed E-state index contributed by atoms with van der Waals surface area (Å²) in [4.78, 5) is 25.7. The Kier molecular flexibility index (Phi) is 4.98. The maximum atomic E-state index is 13.0. The number of hydrogen-bond donors (Lipinski definition) is 0. The lowest BCUT2D eigenvalue weighted by Crippen LogP contribution is -2.11. The molecule has 0 fully saturated rings. The highest BCUT2D eigenvalue weighted by atomic mass is 16.5. The number of aryl methyl sites for hydroxylation is 1. The molecule has 0 bridgehead atoms. The van der Waals surface area contributed by atoms with Gasteiger partial charge >= 0.3 is 5.97 Å². The zero-order valence-electron chi connectivity index (χ0n) is 18.4. The lowest BCUT2D eigenvalue weighted by atomic mass is 10.1. The Bertz CT molecular complexity index is 1460. The number of methoxy groups -OCH3 is 1. The SMILES string of the molecule is COc1ccccc1C(=O)Oc1ccc2c(c1C)OC(=Cc1cn(C)c3ccccc13)C2=O. The van der Waals surface area contributed by atoms with Crippen LogP contribution >= 0.6 is 0 Å². The van der Waals surface area contributed by atoms with E-state index in [4.69, 9.17) is 14.2 Å². The Balaban J connectivity index is 1.47. The second kappa shape index (κ2) is 7.98. The Hall–Kier alpha value is -4.32. The van der Waals surface area contributed by atoms with E-state index >= 15 is 0 Å². The van der Waals surface area contributed by atoms with E-state index in [1.54, 1.807) is 49.4 Å². The molecule has 0 spiro atoms. The van der Waals surface area contributed by atoms with Crippen LogP contribution < -0.4 is 14.2 Å². The first kappa shape index (κ1) is 20.6. The molecule has 0 radical (unpaired) electrons. The first-order valence-corrected chi connectivity index (χ1v) is 10.4. The van der Waals surface area contributed by atoms with E-state index in [1.165, 1.54) is 7.11 Å². The highest BCUT2D eigenvalue weighted by Crippen LogP contribution is 2.40. The number of ketones is 1. The summed E-state index contributed by atoms with van der Waals surface area (Å²) in [5.74, 6) is 0.626. The normalized spacial score (nSPS) is 13.8. The van der Waals surface area contributed by atoms with Crippen molar-refractivity contribution in [3.63, 3.8) is 0 Å². The van der Waals surface area contributed by atoms with Crippen LogP contribution in [0.2, 0.25) is 0 Å². The van der Waals surface area contributed by atoms with E-state index in [0.29, 0.717) is 33.9 Å². The quantitative estimate of drug-likeness (QED) is 0.244. The number of fused-ring (bicyclic) bond motifs is 2. The zero-order chi connectivity index (χ0) is 23.1. The maximum absolute atomic E-state index is 13.0. The van der Waals surface area contributed by atoms with Crippen molar-refractivity contribution in [3.05, 3.63) is 94.9 Å². The minimum absolute atomic E-state index is 0.205. The summed E-state index contributed by atoms with van der Waals surface area (Å²) >= 11 is 0. The average Bonchev–Trinajstić information content (AvgIpc) is 3.33. The maximum Gasteiger partial charge on any atom is 0.347 e. The number of hydrogen-bond acceptors (Lipinski definition) is 5. The minimum atomic E-state index is -0.550. The van der Waals surface area contributed by atoms with E-state index in [9.17, 15) is 9.59 Å². The summed E-state index contributed by atoms with van der Waals surface area (Å²) in [6.07, 6.45) is 3.72. The molecule has 0 saturated carbocycles. The molecule has 1 aliphatic rings. The Morgan fingerprint density at radius 2 is 1.76 bits per heavy atom. The van der Waals surface area contributed by atoms with Crippen molar-refractivity contribution in [2.45, 2.75) is 6.92 Å².